The highest BCUT2D eigenvalue weighted by Gasteiger charge is 2.36. The molecule has 0 fully saturated rings. The lowest BCUT2D eigenvalue weighted by atomic mass is 9.90. The number of rotatable bonds is 5. The highest BCUT2D eigenvalue weighted by atomic mass is 16.2. The van der Waals surface area contributed by atoms with Gasteiger partial charge in [0.05, 0.1) is 11.6 Å². The highest BCUT2D eigenvalue weighted by Crippen LogP contribution is 2.23. The molecule has 0 unspecified atom stereocenters. The molecule has 0 aliphatic rings. The quantitative estimate of drug-likeness (QED) is 0.790. The Morgan fingerprint density at radius 2 is 1.31 bits per heavy atom. The second kappa shape index (κ2) is 7.83. The Balaban J connectivity index is 2.05. The van der Waals surface area contributed by atoms with E-state index >= 15 is 0 Å². The Morgan fingerprint density at radius 1 is 0.885 bits per heavy atom. The first kappa shape index (κ1) is 19.2. The maximum atomic E-state index is 12.6. The summed E-state index contributed by atoms with van der Waals surface area (Å²) in [5.74, 6) is -0.395. The van der Waals surface area contributed by atoms with Gasteiger partial charge in [-0.25, -0.2) is 0 Å². The average molecular weight is 349 g/mol. The van der Waals surface area contributed by atoms with Gasteiger partial charge in [-0.05, 0) is 61.7 Å². The molecule has 0 aliphatic carbocycles. The molecular weight excluding hydrogens is 326 g/mol. The number of anilines is 2. The van der Waals surface area contributed by atoms with Crippen LogP contribution in [0.15, 0.2) is 48.5 Å². The van der Waals surface area contributed by atoms with Crippen LogP contribution in [0.2, 0.25) is 0 Å². The fourth-order valence-corrected chi connectivity index (χ4v) is 2.26. The molecule has 134 valence electrons. The van der Waals surface area contributed by atoms with E-state index < -0.39 is 11.3 Å². The summed E-state index contributed by atoms with van der Waals surface area (Å²) < 4.78 is 0. The van der Waals surface area contributed by atoms with Gasteiger partial charge >= 0.3 is 0 Å². The zero-order chi connectivity index (χ0) is 19.3. The van der Waals surface area contributed by atoms with Crippen LogP contribution in [-0.2, 0) is 9.59 Å². The van der Waals surface area contributed by atoms with Crippen LogP contribution in [0.25, 0.3) is 0 Å². The minimum atomic E-state index is -1.26. The maximum absolute atomic E-state index is 12.6. The first-order valence-corrected chi connectivity index (χ1v) is 8.47. The molecule has 2 N–H and O–H groups in total. The van der Waals surface area contributed by atoms with Gasteiger partial charge in [0.25, 0.3) is 0 Å². The summed E-state index contributed by atoms with van der Waals surface area (Å²) in [6.45, 7) is 7.35. The topological polar surface area (TPSA) is 82.0 Å². The van der Waals surface area contributed by atoms with E-state index in [1.165, 1.54) is 5.56 Å². The van der Waals surface area contributed by atoms with Crippen molar-refractivity contribution in [3.63, 3.8) is 0 Å². The number of benzene rings is 2. The van der Waals surface area contributed by atoms with E-state index in [-0.39, 0.29) is 5.91 Å². The first-order valence-electron chi connectivity index (χ1n) is 8.47. The average Bonchev–Trinajstić information content (AvgIpc) is 2.62. The Kier molecular flexibility index (Phi) is 5.78. The van der Waals surface area contributed by atoms with Crippen LogP contribution in [0, 0.1) is 16.7 Å². The minimum Gasteiger partial charge on any atom is -0.325 e. The normalized spacial score (nSPS) is 10.9. The fraction of sp³-hybridized carbons (Fsp3) is 0.286. The zero-order valence-corrected chi connectivity index (χ0v) is 15.5. The molecule has 26 heavy (non-hydrogen) atoms. The lowest BCUT2D eigenvalue weighted by Gasteiger charge is -2.23. The monoisotopic (exact) mass is 349 g/mol. The van der Waals surface area contributed by atoms with Crippen molar-refractivity contribution in [1.82, 2.24) is 0 Å². The van der Waals surface area contributed by atoms with Crippen LogP contribution in [0.5, 0.6) is 0 Å². The van der Waals surface area contributed by atoms with Crippen molar-refractivity contribution in [1.29, 1.82) is 5.26 Å². The smallest absolute Gasteiger partial charge is 0.239 e. The van der Waals surface area contributed by atoms with Gasteiger partial charge < -0.3 is 10.6 Å². The number of carbonyl (C=O) groups excluding carboxylic acids is 2. The van der Waals surface area contributed by atoms with Gasteiger partial charge in [-0.2, -0.15) is 5.26 Å². The lowest BCUT2D eigenvalue weighted by molar-refractivity contribution is -0.135. The minimum absolute atomic E-state index is 0.388. The summed E-state index contributed by atoms with van der Waals surface area (Å²) in [4.78, 5) is 25.1. The molecule has 0 bridgehead atoms. The van der Waals surface area contributed by atoms with E-state index in [4.69, 9.17) is 5.26 Å². The van der Waals surface area contributed by atoms with Gasteiger partial charge in [0.2, 0.25) is 11.8 Å². The van der Waals surface area contributed by atoms with Crippen molar-refractivity contribution in [3.8, 4) is 6.07 Å². The molecule has 2 aromatic rings. The van der Waals surface area contributed by atoms with Crippen LogP contribution >= 0.6 is 0 Å². The number of hydrogen-bond donors (Lipinski definition) is 2. The van der Waals surface area contributed by atoms with Crippen LogP contribution in [-0.4, -0.2) is 11.8 Å². The van der Waals surface area contributed by atoms with Crippen molar-refractivity contribution in [2.75, 3.05) is 10.6 Å². The summed E-state index contributed by atoms with van der Waals surface area (Å²) in [6, 6.07) is 16.1. The van der Waals surface area contributed by atoms with E-state index in [1.54, 1.807) is 38.1 Å². The fourth-order valence-electron chi connectivity index (χ4n) is 2.26. The molecule has 5 heteroatoms. The van der Waals surface area contributed by atoms with Crippen molar-refractivity contribution in [3.05, 3.63) is 59.7 Å². The van der Waals surface area contributed by atoms with Crippen LogP contribution in [0.4, 0.5) is 11.4 Å². The van der Waals surface area contributed by atoms with Crippen LogP contribution in [0.1, 0.15) is 44.7 Å². The molecule has 2 rings (SSSR count). The summed E-state index contributed by atoms with van der Waals surface area (Å²) >= 11 is 0. The van der Waals surface area contributed by atoms with E-state index in [0.29, 0.717) is 22.9 Å². The van der Waals surface area contributed by atoms with Crippen LogP contribution < -0.4 is 10.6 Å². The molecule has 0 heterocycles. The number of carbonyl (C=O) groups is 2. The molecule has 0 saturated heterocycles. The molecule has 5 nitrogen and oxygen atoms in total. The molecule has 2 amide bonds. The number of nitrogens with one attached hydrogen (secondary N) is 2. The van der Waals surface area contributed by atoms with E-state index in [1.807, 2.05) is 30.3 Å². The number of hydrogen-bond acceptors (Lipinski definition) is 3. The number of amides is 2. The van der Waals surface area contributed by atoms with E-state index in [2.05, 4.69) is 24.5 Å². The third-order valence-electron chi connectivity index (χ3n) is 4.24. The highest BCUT2D eigenvalue weighted by molar-refractivity contribution is 6.14. The predicted molar refractivity (Wildman–Crippen MR) is 103 cm³/mol. The van der Waals surface area contributed by atoms with Crippen LogP contribution in [0.3, 0.4) is 0 Å². The van der Waals surface area contributed by atoms with E-state index in [0.717, 1.165) is 0 Å². The van der Waals surface area contributed by atoms with Gasteiger partial charge in [-0.1, -0.05) is 26.0 Å². The van der Waals surface area contributed by atoms with Gasteiger partial charge in [0.1, 0.15) is 5.41 Å². The van der Waals surface area contributed by atoms with Gasteiger partial charge in [0.15, 0.2) is 0 Å². The predicted octanol–water partition coefficient (Wildman–Crippen LogP) is 4.29. The summed E-state index contributed by atoms with van der Waals surface area (Å²) in [5, 5.41) is 14.3. The first-order chi connectivity index (χ1) is 12.2. The molecule has 0 atom stereocenters. The van der Waals surface area contributed by atoms with E-state index in [9.17, 15) is 9.59 Å². The van der Waals surface area contributed by atoms with Gasteiger partial charge in [-0.3, -0.25) is 9.59 Å². The van der Waals surface area contributed by atoms with Crippen molar-refractivity contribution >= 4 is 23.2 Å². The largest absolute Gasteiger partial charge is 0.325 e. The molecule has 0 radical (unpaired) electrons. The molecule has 0 saturated carbocycles. The van der Waals surface area contributed by atoms with Crippen molar-refractivity contribution in [2.45, 2.75) is 33.6 Å². The van der Waals surface area contributed by atoms with Gasteiger partial charge in [0, 0.05) is 11.4 Å². The Bertz CT molecular complexity index is 829. The maximum Gasteiger partial charge on any atom is 0.239 e. The summed E-state index contributed by atoms with van der Waals surface area (Å²) in [6.07, 6.45) is 0. The standard InChI is InChI=1S/C21H23N3O2/c1-14(2)16-7-11-18(12-8-16)24-20(26)21(3,4)19(25)23-17-9-5-15(13-22)6-10-17/h5-12,14H,1-4H3,(H,23,25)(H,24,26). The molecule has 2 aromatic carbocycles. The molecular formula is C21H23N3O2. The molecule has 0 spiro atoms. The lowest BCUT2D eigenvalue weighted by Crippen LogP contribution is -2.41. The number of nitrogens with zero attached hydrogens (tertiary/aromatic N) is 1. The Hall–Kier alpha value is -3.13. The molecule has 0 aromatic heterocycles. The Labute approximate surface area is 154 Å². The molecule has 0 aliphatic heterocycles. The second-order valence-electron chi connectivity index (χ2n) is 7.00. The van der Waals surface area contributed by atoms with Gasteiger partial charge in [-0.15, -0.1) is 0 Å². The van der Waals surface area contributed by atoms with Crippen molar-refractivity contribution in [2.24, 2.45) is 5.41 Å². The third kappa shape index (κ3) is 4.48. The second-order valence-corrected chi connectivity index (χ2v) is 7.00. The zero-order valence-electron chi connectivity index (χ0n) is 15.5. The SMILES string of the molecule is CC(C)c1ccc(NC(=O)C(C)(C)C(=O)Nc2ccc(C#N)cc2)cc1. The third-order valence-corrected chi connectivity index (χ3v) is 4.24. The summed E-state index contributed by atoms with van der Waals surface area (Å²) in [5.41, 5.74) is 1.62. The summed E-state index contributed by atoms with van der Waals surface area (Å²) in [7, 11) is 0. The number of nitriles is 1. The van der Waals surface area contributed by atoms with Crippen molar-refractivity contribution < 1.29 is 9.59 Å². The Morgan fingerprint density at radius 3 is 1.69 bits per heavy atom.